The van der Waals surface area contributed by atoms with Crippen molar-refractivity contribution in [3.05, 3.63) is 34.4 Å². The van der Waals surface area contributed by atoms with Gasteiger partial charge in [-0.25, -0.2) is 8.42 Å². The van der Waals surface area contributed by atoms with Gasteiger partial charge in [0.05, 0.1) is 4.92 Å². The van der Waals surface area contributed by atoms with Gasteiger partial charge in [0, 0.05) is 19.2 Å². The molecule has 9 nitrogen and oxygen atoms in total. The van der Waals surface area contributed by atoms with Crippen molar-refractivity contribution in [3.8, 4) is 0 Å². The highest BCUT2D eigenvalue weighted by molar-refractivity contribution is 7.89. The van der Waals surface area contributed by atoms with Crippen LogP contribution in [0.25, 0.3) is 0 Å². The summed E-state index contributed by atoms with van der Waals surface area (Å²) in [5.74, 6) is -0.835. The van der Waals surface area contributed by atoms with E-state index in [9.17, 15) is 23.3 Å². The maximum atomic E-state index is 12.2. The summed E-state index contributed by atoms with van der Waals surface area (Å²) in [4.78, 5) is 20.9. The van der Waals surface area contributed by atoms with Crippen LogP contribution in [0.3, 0.4) is 0 Å². The molecule has 0 spiro atoms. The summed E-state index contributed by atoms with van der Waals surface area (Å²) in [5.41, 5.74) is 3.17. The summed E-state index contributed by atoms with van der Waals surface area (Å²) in [6, 6.07) is 4.88. The van der Waals surface area contributed by atoms with Gasteiger partial charge in [-0.3, -0.25) is 14.9 Å². The van der Waals surface area contributed by atoms with E-state index in [0.717, 1.165) is 12.1 Å². The highest BCUT2D eigenvalue weighted by Gasteiger charge is 2.47. The van der Waals surface area contributed by atoms with Crippen molar-refractivity contribution in [2.45, 2.75) is 10.4 Å². The molecule has 0 bridgehead atoms. The van der Waals surface area contributed by atoms with Crippen molar-refractivity contribution < 1.29 is 18.1 Å². The van der Waals surface area contributed by atoms with Gasteiger partial charge in [-0.2, -0.15) is 4.72 Å². The molecule has 1 saturated heterocycles. The Morgan fingerprint density at radius 3 is 2.45 bits per heavy atom. The molecule has 0 aliphatic carbocycles. The minimum absolute atomic E-state index is 0.0438. The number of hydrogen-bond donors (Lipinski definition) is 3. The van der Waals surface area contributed by atoms with Crippen molar-refractivity contribution in [2.75, 3.05) is 13.1 Å². The van der Waals surface area contributed by atoms with Gasteiger partial charge in [0.1, 0.15) is 5.54 Å². The molecule has 1 aromatic carbocycles. The van der Waals surface area contributed by atoms with Gasteiger partial charge >= 0.3 is 0 Å². The third-order valence-electron chi connectivity index (χ3n) is 3.01. The van der Waals surface area contributed by atoms with Crippen LogP contribution < -0.4 is 15.8 Å². The molecule has 0 saturated carbocycles. The Bertz CT molecular complexity index is 668. The molecule has 0 aromatic heterocycles. The fraction of sp³-hybridized carbons (Fsp3) is 0.300. The number of rotatable bonds is 5. The molecule has 0 radical (unpaired) electrons. The fourth-order valence-corrected chi connectivity index (χ4v) is 3.36. The number of nitro benzene ring substituents is 1. The molecule has 108 valence electrons. The molecular formula is C10H12N4O5S. The van der Waals surface area contributed by atoms with E-state index in [1.165, 1.54) is 12.1 Å². The highest BCUT2D eigenvalue weighted by atomic mass is 32.2. The predicted molar refractivity (Wildman–Crippen MR) is 68.2 cm³/mol. The van der Waals surface area contributed by atoms with Gasteiger partial charge in [-0.15, -0.1) is 0 Å². The van der Waals surface area contributed by atoms with E-state index < -0.39 is 37.0 Å². The van der Waals surface area contributed by atoms with E-state index in [0.29, 0.717) is 0 Å². The molecule has 10 heteroatoms. The number of nitrogens with one attached hydrogen (secondary N) is 2. The van der Waals surface area contributed by atoms with Gasteiger partial charge in [0.15, 0.2) is 4.90 Å². The molecule has 2 rings (SSSR count). The Morgan fingerprint density at radius 2 is 2.00 bits per heavy atom. The molecule has 1 aliphatic heterocycles. The van der Waals surface area contributed by atoms with E-state index in [2.05, 4.69) is 10.0 Å². The van der Waals surface area contributed by atoms with Crippen LogP contribution >= 0.6 is 0 Å². The fourth-order valence-electron chi connectivity index (χ4n) is 1.82. The van der Waals surface area contributed by atoms with Gasteiger partial charge < -0.3 is 11.1 Å². The molecule has 1 aromatic rings. The van der Waals surface area contributed by atoms with Crippen LogP contribution in [0.1, 0.15) is 0 Å². The quantitative estimate of drug-likeness (QED) is 0.455. The lowest BCUT2D eigenvalue weighted by atomic mass is 9.93. The molecule has 1 fully saturated rings. The summed E-state index contributed by atoms with van der Waals surface area (Å²) in [5, 5.41) is 13.6. The monoisotopic (exact) mass is 300 g/mol. The third kappa shape index (κ3) is 2.35. The zero-order valence-corrected chi connectivity index (χ0v) is 11.0. The molecule has 0 atom stereocenters. The Kier molecular flexibility index (Phi) is 3.46. The highest BCUT2D eigenvalue weighted by Crippen LogP contribution is 2.25. The first kappa shape index (κ1) is 14.4. The number of sulfonamides is 1. The first-order chi connectivity index (χ1) is 9.28. The molecule has 0 unspecified atom stereocenters. The number of primary amides is 1. The van der Waals surface area contributed by atoms with Crippen LogP contribution in [-0.4, -0.2) is 37.9 Å². The number of nitrogens with zero attached hydrogens (tertiary/aromatic N) is 1. The molecule has 1 aliphatic rings. The van der Waals surface area contributed by atoms with Crippen LogP contribution in [-0.2, 0) is 14.8 Å². The number of para-hydroxylation sites is 1. The number of benzene rings is 1. The summed E-state index contributed by atoms with van der Waals surface area (Å²) < 4.78 is 26.6. The topological polar surface area (TPSA) is 144 Å². The Balaban J connectivity index is 2.42. The number of carbonyl (C=O) groups excluding carboxylic acids is 1. The van der Waals surface area contributed by atoms with E-state index in [1.54, 1.807) is 0 Å². The average molecular weight is 300 g/mol. The number of nitrogens with two attached hydrogens (primary N) is 1. The van der Waals surface area contributed by atoms with Crippen molar-refractivity contribution in [2.24, 2.45) is 5.73 Å². The van der Waals surface area contributed by atoms with Crippen LogP contribution in [0.2, 0.25) is 0 Å². The standard InChI is InChI=1S/C10H12N4O5S/c11-9(15)10(5-12-6-10)13-20(18,19)8-4-2-1-3-7(8)14(16)17/h1-4,12-13H,5-6H2,(H2,11,15). The number of hydrogen-bond acceptors (Lipinski definition) is 6. The Hall–Kier alpha value is -2.04. The van der Waals surface area contributed by atoms with Crippen molar-refractivity contribution in [1.82, 2.24) is 10.0 Å². The van der Waals surface area contributed by atoms with E-state index in [1.807, 2.05) is 0 Å². The molecule has 20 heavy (non-hydrogen) atoms. The minimum atomic E-state index is -4.23. The van der Waals surface area contributed by atoms with Crippen molar-refractivity contribution in [1.29, 1.82) is 0 Å². The second-order valence-electron chi connectivity index (χ2n) is 4.38. The zero-order valence-electron chi connectivity index (χ0n) is 10.2. The van der Waals surface area contributed by atoms with Crippen LogP contribution in [0, 0.1) is 10.1 Å². The Morgan fingerprint density at radius 1 is 1.40 bits per heavy atom. The third-order valence-corrected chi connectivity index (χ3v) is 4.59. The van der Waals surface area contributed by atoms with E-state index >= 15 is 0 Å². The molecule has 4 N–H and O–H groups in total. The second-order valence-corrected chi connectivity index (χ2v) is 6.03. The average Bonchev–Trinajstić information content (AvgIpc) is 2.33. The van der Waals surface area contributed by atoms with Crippen LogP contribution in [0.15, 0.2) is 29.2 Å². The van der Waals surface area contributed by atoms with E-state index in [4.69, 9.17) is 5.73 Å². The molecule has 1 heterocycles. The first-order valence-corrected chi connectivity index (χ1v) is 7.05. The van der Waals surface area contributed by atoms with Gasteiger partial charge in [-0.05, 0) is 6.07 Å². The normalized spacial score (nSPS) is 17.2. The van der Waals surface area contributed by atoms with Gasteiger partial charge in [-0.1, -0.05) is 12.1 Å². The largest absolute Gasteiger partial charge is 0.368 e. The zero-order chi connectivity index (χ0) is 15.0. The maximum Gasteiger partial charge on any atom is 0.289 e. The van der Waals surface area contributed by atoms with Gasteiger partial charge in [0.25, 0.3) is 5.69 Å². The lowest BCUT2D eigenvalue weighted by Gasteiger charge is -2.39. The molecule has 1 amide bonds. The summed E-state index contributed by atoms with van der Waals surface area (Å²) in [6.45, 7) is 0.0877. The Labute approximate surface area is 114 Å². The van der Waals surface area contributed by atoms with Crippen LogP contribution in [0.4, 0.5) is 5.69 Å². The minimum Gasteiger partial charge on any atom is -0.368 e. The predicted octanol–water partition coefficient (Wildman–Crippen LogP) is -1.30. The number of nitro groups is 1. The first-order valence-electron chi connectivity index (χ1n) is 5.56. The van der Waals surface area contributed by atoms with Crippen LogP contribution in [0.5, 0.6) is 0 Å². The number of carbonyl (C=O) groups is 1. The van der Waals surface area contributed by atoms with Crippen molar-refractivity contribution in [3.63, 3.8) is 0 Å². The summed E-state index contributed by atoms with van der Waals surface area (Å²) in [7, 11) is -4.23. The smallest absolute Gasteiger partial charge is 0.289 e. The summed E-state index contributed by atoms with van der Waals surface area (Å²) >= 11 is 0. The van der Waals surface area contributed by atoms with Gasteiger partial charge in [0.2, 0.25) is 15.9 Å². The maximum absolute atomic E-state index is 12.2. The molecular weight excluding hydrogens is 288 g/mol. The number of amides is 1. The SMILES string of the molecule is NC(=O)C1(NS(=O)(=O)c2ccccc2[N+](=O)[O-])CNC1. The summed E-state index contributed by atoms with van der Waals surface area (Å²) in [6.07, 6.45) is 0. The van der Waals surface area contributed by atoms with E-state index in [-0.39, 0.29) is 13.1 Å². The lowest BCUT2D eigenvalue weighted by molar-refractivity contribution is -0.387. The lowest BCUT2D eigenvalue weighted by Crippen LogP contribution is -2.74. The second kappa shape index (κ2) is 4.81. The van der Waals surface area contributed by atoms with Crippen molar-refractivity contribution >= 4 is 21.6 Å².